The number of anilines is 1. The molecular formula is C24H33ClN6O2. The van der Waals surface area contributed by atoms with E-state index in [2.05, 4.69) is 46.7 Å². The molecule has 4 atom stereocenters. The molecular weight excluding hydrogens is 440 g/mol. The van der Waals surface area contributed by atoms with Crippen molar-refractivity contribution in [3.63, 3.8) is 0 Å². The molecule has 0 unspecified atom stereocenters. The number of fused-ring (bicyclic) bond motifs is 2. The van der Waals surface area contributed by atoms with Gasteiger partial charge in [0, 0.05) is 18.8 Å². The Morgan fingerprint density at radius 1 is 1.33 bits per heavy atom. The number of hydrogen-bond acceptors (Lipinski definition) is 6. The predicted molar refractivity (Wildman–Crippen MR) is 128 cm³/mol. The number of rotatable bonds is 7. The largest absolute Gasteiger partial charge is 0.379 e. The van der Waals surface area contributed by atoms with E-state index in [1.807, 2.05) is 19.9 Å². The topological polar surface area (TPSA) is 102 Å². The van der Waals surface area contributed by atoms with Gasteiger partial charge in [-0.15, -0.1) is 0 Å². The molecule has 3 fully saturated rings. The van der Waals surface area contributed by atoms with Crippen molar-refractivity contribution in [2.75, 3.05) is 5.32 Å². The fourth-order valence-corrected chi connectivity index (χ4v) is 5.81. The molecule has 2 bridgehead atoms. The predicted octanol–water partition coefficient (Wildman–Crippen LogP) is 3.61. The molecule has 178 valence electrons. The quantitative estimate of drug-likeness (QED) is 0.638. The van der Waals surface area contributed by atoms with E-state index >= 15 is 0 Å². The summed E-state index contributed by atoms with van der Waals surface area (Å²) >= 11 is 6.40. The molecule has 2 N–H and O–H groups in total. The molecule has 3 aliphatic carbocycles. The average Bonchev–Trinajstić information content (AvgIpc) is 2.78. The second-order valence-electron chi connectivity index (χ2n) is 10.4. The first-order valence-corrected chi connectivity index (χ1v) is 12.1. The van der Waals surface area contributed by atoms with Gasteiger partial charge >= 0.3 is 0 Å². The van der Waals surface area contributed by atoms with Gasteiger partial charge in [-0.1, -0.05) is 46.2 Å². The number of carbonyl (C=O) groups excluding carboxylic acids is 1. The van der Waals surface area contributed by atoms with Crippen LogP contribution in [0.15, 0.2) is 23.3 Å². The first-order chi connectivity index (χ1) is 15.6. The van der Waals surface area contributed by atoms with Gasteiger partial charge in [0.2, 0.25) is 5.91 Å². The van der Waals surface area contributed by atoms with Crippen LogP contribution in [0.4, 0.5) is 5.69 Å². The maximum absolute atomic E-state index is 12.8. The molecule has 0 saturated heterocycles. The lowest BCUT2D eigenvalue weighted by Crippen LogP contribution is -2.58. The number of carbonyl (C=O) groups is 1. The van der Waals surface area contributed by atoms with Crippen molar-refractivity contribution in [1.82, 2.24) is 25.3 Å². The van der Waals surface area contributed by atoms with Gasteiger partial charge in [-0.3, -0.25) is 9.59 Å². The molecule has 2 aromatic rings. The molecule has 9 heteroatoms. The smallest absolute Gasteiger partial charge is 0.288 e. The Labute approximate surface area is 199 Å². The number of aromatic nitrogens is 4. The highest BCUT2D eigenvalue weighted by atomic mass is 35.5. The summed E-state index contributed by atoms with van der Waals surface area (Å²) in [6, 6.07) is 2.10. The standard InChI is InChI=1S/C24H33ClN6O2/c1-13(2)22-15(6-7-27-30-22)10-26-20(32)12-31-23(33)21(25)19(11-28-31)29-18-9-16-8-17(14(18)3)24(16,4)5/h6-7,11,13-14,16-18,29H,8-10,12H2,1-5H3,(H,26,32)/t14-,16-,17+,18-/m1/s1. The van der Waals surface area contributed by atoms with Gasteiger partial charge in [0.1, 0.15) is 11.6 Å². The van der Waals surface area contributed by atoms with Crippen LogP contribution in [0, 0.1) is 23.2 Å². The van der Waals surface area contributed by atoms with Crippen molar-refractivity contribution in [2.45, 2.75) is 72.5 Å². The average molecular weight is 473 g/mol. The fraction of sp³-hybridized carbons (Fsp3) is 0.625. The Bertz CT molecular complexity index is 1100. The Morgan fingerprint density at radius 3 is 2.76 bits per heavy atom. The van der Waals surface area contributed by atoms with Crippen LogP contribution in [-0.4, -0.2) is 31.9 Å². The van der Waals surface area contributed by atoms with Gasteiger partial charge in [0.05, 0.1) is 17.6 Å². The van der Waals surface area contributed by atoms with E-state index in [0.717, 1.165) is 22.4 Å². The van der Waals surface area contributed by atoms with Gasteiger partial charge in [0.15, 0.2) is 0 Å². The van der Waals surface area contributed by atoms with Crippen LogP contribution in [0.3, 0.4) is 0 Å². The lowest BCUT2D eigenvalue weighted by Gasteiger charge is -2.62. The number of amides is 1. The van der Waals surface area contributed by atoms with E-state index in [-0.39, 0.29) is 29.4 Å². The minimum Gasteiger partial charge on any atom is -0.379 e. The lowest BCUT2D eigenvalue weighted by molar-refractivity contribution is -0.122. The Balaban J connectivity index is 1.39. The fourth-order valence-electron chi connectivity index (χ4n) is 5.61. The van der Waals surface area contributed by atoms with E-state index in [9.17, 15) is 9.59 Å². The van der Waals surface area contributed by atoms with E-state index in [1.165, 1.54) is 6.42 Å². The lowest BCUT2D eigenvalue weighted by atomic mass is 9.45. The van der Waals surface area contributed by atoms with Gasteiger partial charge in [-0.05, 0) is 53.6 Å². The number of nitrogens with zero attached hydrogens (tertiary/aromatic N) is 4. The van der Waals surface area contributed by atoms with Crippen molar-refractivity contribution >= 4 is 23.2 Å². The van der Waals surface area contributed by atoms with Gasteiger partial charge in [-0.2, -0.15) is 15.3 Å². The SMILES string of the molecule is CC(C)c1nnccc1CNC(=O)Cn1ncc(N[C@@H]2C[C@H]3C[C@@H]([C@H]2C)C3(C)C)c(Cl)c1=O. The monoisotopic (exact) mass is 472 g/mol. The summed E-state index contributed by atoms with van der Waals surface area (Å²) in [6.07, 6.45) is 5.50. The van der Waals surface area contributed by atoms with Gasteiger partial charge < -0.3 is 10.6 Å². The Morgan fingerprint density at radius 2 is 2.09 bits per heavy atom. The highest BCUT2D eigenvalue weighted by Crippen LogP contribution is 2.61. The zero-order valence-electron chi connectivity index (χ0n) is 19.9. The Kier molecular flexibility index (Phi) is 6.49. The third-order valence-electron chi connectivity index (χ3n) is 7.83. The summed E-state index contributed by atoms with van der Waals surface area (Å²) in [5.41, 5.74) is 2.19. The third kappa shape index (κ3) is 4.50. The molecule has 2 aromatic heterocycles. The van der Waals surface area contributed by atoms with E-state index in [0.29, 0.717) is 35.4 Å². The number of nitrogens with one attached hydrogen (secondary N) is 2. The van der Waals surface area contributed by atoms with Crippen LogP contribution < -0.4 is 16.2 Å². The molecule has 33 heavy (non-hydrogen) atoms. The normalized spacial score (nSPS) is 25.4. The maximum atomic E-state index is 12.8. The zero-order valence-corrected chi connectivity index (χ0v) is 20.7. The molecule has 3 saturated carbocycles. The van der Waals surface area contributed by atoms with Crippen molar-refractivity contribution in [1.29, 1.82) is 0 Å². The zero-order chi connectivity index (χ0) is 23.9. The molecule has 0 radical (unpaired) electrons. The van der Waals surface area contributed by atoms with Crippen molar-refractivity contribution in [3.05, 3.63) is 45.1 Å². The number of halogens is 1. The summed E-state index contributed by atoms with van der Waals surface area (Å²) < 4.78 is 1.10. The first-order valence-electron chi connectivity index (χ1n) is 11.7. The van der Waals surface area contributed by atoms with Gasteiger partial charge in [0.25, 0.3) is 5.56 Å². The van der Waals surface area contributed by atoms with Crippen LogP contribution in [0.5, 0.6) is 0 Å². The summed E-state index contributed by atoms with van der Waals surface area (Å²) in [6.45, 7) is 11.1. The van der Waals surface area contributed by atoms with Gasteiger partial charge in [-0.25, -0.2) is 4.68 Å². The molecule has 0 aromatic carbocycles. The molecule has 1 amide bonds. The Hall–Kier alpha value is -2.48. The minimum atomic E-state index is -0.473. The second kappa shape index (κ2) is 9.05. The molecule has 0 spiro atoms. The summed E-state index contributed by atoms with van der Waals surface area (Å²) in [7, 11) is 0. The summed E-state index contributed by atoms with van der Waals surface area (Å²) in [5, 5.41) is 18.6. The minimum absolute atomic E-state index is 0.0731. The van der Waals surface area contributed by atoms with E-state index < -0.39 is 5.56 Å². The first kappa shape index (κ1) is 23.7. The van der Waals surface area contributed by atoms with Crippen molar-refractivity contribution < 1.29 is 4.79 Å². The highest BCUT2D eigenvalue weighted by Gasteiger charge is 2.56. The van der Waals surface area contributed by atoms with Crippen LogP contribution in [-0.2, 0) is 17.9 Å². The number of hydrogen-bond donors (Lipinski definition) is 2. The van der Waals surface area contributed by atoms with E-state index in [1.54, 1.807) is 12.4 Å². The summed E-state index contributed by atoms with van der Waals surface area (Å²) in [5.74, 6) is 1.73. The molecule has 2 heterocycles. The van der Waals surface area contributed by atoms with Crippen LogP contribution in [0.1, 0.15) is 64.6 Å². The molecule has 5 rings (SSSR count). The van der Waals surface area contributed by atoms with Crippen LogP contribution in [0.25, 0.3) is 0 Å². The second-order valence-corrected chi connectivity index (χ2v) is 10.8. The molecule has 0 aliphatic heterocycles. The highest BCUT2D eigenvalue weighted by molar-refractivity contribution is 6.32. The van der Waals surface area contributed by atoms with Crippen LogP contribution in [0.2, 0.25) is 5.02 Å². The van der Waals surface area contributed by atoms with Crippen molar-refractivity contribution in [3.8, 4) is 0 Å². The summed E-state index contributed by atoms with van der Waals surface area (Å²) in [4.78, 5) is 25.2. The van der Waals surface area contributed by atoms with Crippen LogP contribution >= 0.6 is 11.6 Å². The molecule has 8 nitrogen and oxygen atoms in total. The maximum Gasteiger partial charge on any atom is 0.288 e. The third-order valence-corrected chi connectivity index (χ3v) is 8.20. The van der Waals surface area contributed by atoms with E-state index in [4.69, 9.17) is 11.6 Å². The van der Waals surface area contributed by atoms with Crippen molar-refractivity contribution in [2.24, 2.45) is 23.2 Å². The molecule has 3 aliphatic rings.